The number of aliphatic hydroxyl groups excluding tert-OH is 4. The molecule has 0 aromatic carbocycles. The number of hydrogen-bond donors (Lipinski definition) is 5. The second-order valence-electron chi connectivity index (χ2n) is 24.6. The monoisotopic (exact) mass is 1100 g/mol. The van der Waals surface area contributed by atoms with Crippen LogP contribution in [0.4, 0.5) is 0 Å². The Labute approximate surface area is 487 Å². The van der Waals surface area contributed by atoms with Crippen LogP contribution in [0.1, 0.15) is 386 Å². The van der Waals surface area contributed by atoms with Gasteiger partial charge in [0.1, 0.15) is 12.2 Å². The molecule has 0 rings (SSSR count). The molecule has 0 aliphatic carbocycles. The van der Waals surface area contributed by atoms with Crippen LogP contribution in [0.25, 0.3) is 0 Å². The van der Waals surface area contributed by atoms with E-state index in [1.807, 2.05) is 0 Å². The number of nitrogens with one attached hydrogen (secondary N) is 1. The van der Waals surface area contributed by atoms with E-state index in [2.05, 4.69) is 55.6 Å². The third-order valence-corrected chi connectivity index (χ3v) is 16.8. The molecule has 5 N–H and O–H groups in total. The van der Waals surface area contributed by atoms with Crippen LogP contribution in [0.15, 0.2) is 36.5 Å². The molecule has 0 aromatic rings. The second-order valence-corrected chi connectivity index (χ2v) is 24.6. The lowest BCUT2D eigenvalue weighted by Crippen LogP contribution is -2.53. The molecule has 0 saturated heterocycles. The number of hydrogen-bond acceptors (Lipinski definition) is 5. The summed E-state index contributed by atoms with van der Waals surface area (Å²) in [4.78, 5) is 12.7. The van der Waals surface area contributed by atoms with Crippen LogP contribution in [0.2, 0.25) is 0 Å². The number of rotatable bonds is 66. The average molecular weight is 1100 g/mol. The lowest BCUT2D eigenvalue weighted by atomic mass is 10.00. The molecule has 1 amide bonds. The summed E-state index contributed by atoms with van der Waals surface area (Å²) in [7, 11) is 0. The largest absolute Gasteiger partial charge is 0.394 e. The quantitative estimate of drug-likeness (QED) is 0.0308. The first kappa shape index (κ1) is 76.5. The SMILES string of the molecule is CCCCCCCCCCCCCC/C=C\CCCCCCCCCCCCCCCCCC(O)C(=O)NC(CO)C(O)C(O)CCC/C=C/CC/C=C/CCCCCCCCCCCCCCCCCCCCCCCC. The average Bonchev–Trinajstić information content (AvgIpc) is 3.44. The summed E-state index contributed by atoms with van der Waals surface area (Å²) < 4.78 is 0. The van der Waals surface area contributed by atoms with Crippen molar-refractivity contribution in [3.63, 3.8) is 0 Å². The molecular weight excluding hydrogens is 959 g/mol. The van der Waals surface area contributed by atoms with Crippen molar-refractivity contribution in [1.82, 2.24) is 5.32 Å². The van der Waals surface area contributed by atoms with E-state index in [1.165, 1.54) is 315 Å². The fourth-order valence-corrected chi connectivity index (χ4v) is 11.3. The van der Waals surface area contributed by atoms with E-state index in [-0.39, 0.29) is 0 Å². The van der Waals surface area contributed by atoms with Gasteiger partial charge in [0.15, 0.2) is 0 Å². The predicted octanol–water partition coefficient (Wildman–Crippen LogP) is 21.9. The molecule has 0 heterocycles. The summed E-state index contributed by atoms with van der Waals surface area (Å²) >= 11 is 0. The zero-order valence-electron chi connectivity index (χ0n) is 52.7. The fourth-order valence-electron chi connectivity index (χ4n) is 11.3. The Morgan fingerprint density at radius 2 is 0.538 bits per heavy atom. The first-order valence-corrected chi connectivity index (χ1v) is 35.4. The van der Waals surface area contributed by atoms with E-state index >= 15 is 0 Å². The first-order valence-electron chi connectivity index (χ1n) is 35.4. The summed E-state index contributed by atoms with van der Waals surface area (Å²) in [6, 6.07) is -1.01. The number of unbranched alkanes of at least 4 members (excludes halogenated alkanes) is 51. The van der Waals surface area contributed by atoms with Crippen molar-refractivity contribution in [3.8, 4) is 0 Å². The second kappa shape index (κ2) is 66.3. The van der Waals surface area contributed by atoms with Crippen molar-refractivity contribution in [2.24, 2.45) is 0 Å². The summed E-state index contributed by atoms with van der Waals surface area (Å²) in [5.41, 5.74) is 0. The van der Waals surface area contributed by atoms with Crippen LogP contribution in [-0.4, -0.2) is 57.3 Å². The van der Waals surface area contributed by atoms with E-state index < -0.39 is 36.9 Å². The van der Waals surface area contributed by atoms with Gasteiger partial charge in [-0.3, -0.25) is 4.79 Å². The van der Waals surface area contributed by atoms with E-state index in [0.29, 0.717) is 19.3 Å². The maximum atomic E-state index is 12.7. The molecule has 6 nitrogen and oxygen atoms in total. The van der Waals surface area contributed by atoms with Gasteiger partial charge in [0.05, 0.1) is 18.8 Å². The van der Waals surface area contributed by atoms with Crippen LogP contribution in [0.3, 0.4) is 0 Å². The van der Waals surface area contributed by atoms with E-state index in [1.54, 1.807) is 0 Å². The fraction of sp³-hybridized carbons (Fsp3) is 0.903. The topological polar surface area (TPSA) is 110 Å². The third kappa shape index (κ3) is 59.2. The molecule has 0 radical (unpaired) electrons. The van der Waals surface area contributed by atoms with Gasteiger partial charge in [-0.2, -0.15) is 0 Å². The Hall–Kier alpha value is -1.47. The highest BCUT2D eigenvalue weighted by Crippen LogP contribution is 2.19. The molecule has 0 saturated carbocycles. The normalized spacial score (nSPS) is 13.7. The lowest BCUT2D eigenvalue weighted by Gasteiger charge is -2.27. The molecule has 4 unspecified atom stereocenters. The van der Waals surface area contributed by atoms with Gasteiger partial charge in [0.2, 0.25) is 5.91 Å². The number of carbonyl (C=O) groups is 1. The molecule has 0 aromatic heterocycles. The molecule has 0 spiro atoms. The Balaban J connectivity index is 3.59. The van der Waals surface area contributed by atoms with Gasteiger partial charge in [-0.15, -0.1) is 0 Å². The van der Waals surface area contributed by atoms with E-state index in [4.69, 9.17) is 0 Å². The van der Waals surface area contributed by atoms with Crippen molar-refractivity contribution >= 4 is 5.91 Å². The zero-order valence-corrected chi connectivity index (χ0v) is 52.7. The molecular formula is C72H139NO5. The molecule has 0 bridgehead atoms. The van der Waals surface area contributed by atoms with Gasteiger partial charge < -0.3 is 25.7 Å². The van der Waals surface area contributed by atoms with Gasteiger partial charge >= 0.3 is 0 Å². The summed E-state index contributed by atoms with van der Waals surface area (Å²) in [6.45, 7) is 4.09. The van der Waals surface area contributed by atoms with E-state index in [9.17, 15) is 25.2 Å². The van der Waals surface area contributed by atoms with Crippen LogP contribution >= 0.6 is 0 Å². The summed E-state index contributed by atoms with van der Waals surface area (Å²) in [5, 5.41) is 44.2. The highest BCUT2D eigenvalue weighted by molar-refractivity contribution is 5.80. The van der Waals surface area contributed by atoms with E-state index in [0.717, 1.165) is 38.5 Å². The number of amides is 1. The zero-order chi connectivity index (χ0) is 56.6. The van der Waals surface area contributed by atoms with Crippen molar-refractivity contribution < 1.29 is 25.2 Å². The number of aliphatic hydroxyl groups is 4. The highest BCUT2D eigenvalue weighted by Gasteiger charge is 2.28. The molecule has 462 valence electrons. The number of allylic oxidation sites excluding steroid dienone is 6. The lowest BCUT2D eigenvalue weighted by molar-refractivity contribution is -0.132. The van der Waals surface area contributed by atoms with Gasteiger partial charge in [0.25, 0.3) is 0 Å². The number of carbonyl (C=O) groups excluding carboxylic acids is 1. The summed E-state index contributed by atoms with van der Waals surface area (Å²) in [5.74, 6) is -0.591. The van der Waals surface area contributed by atoms with Crippen molar-refractivity contribution in [3.05, 3.63) is 36.5 Å². The molecule has 0 fully saturated rings. The van der Waals surface area contributed by atoms with Crippen LogP contribution in [-0.2, 0) is 4.79 Å². The molecule has 0 aliphatic heterocycles. The Bertz CT molecular complexity index is 1230. The first-order chi connectivity index (χ1) is 38.5. The van der Waals surface area contributed by atoms with Gasteiger partial charge in [-0.05, 0) is 77.0 Å². The Morgan fingerprint density at radius 1 is 0.308 bits per heavy atom. The maximum absolute atomic E-state index is 12.7. The Kier molecular flexibility index (Phi) is 65.1. The Morgan fingerprint density at radius 3 is 0.808 bits per heavy atom. The molecule has 78 heavy (non-hydrogen) atoms. The van der Waals surface area contributed by atoms with Gasteiger partial charge in [-0.25, -0.2) is 0 Å². The third-order valence-electron chi connectivity index (χ3n) is 16.8. The summed E-state index contributed by atoms with van der Waals surface area (Å²) in [6.07, 6.45) is 85.7. The molecule has 4 atom stereocenters. The van der Waals surface area contributed by atoms with Crippen LogP contribution < -0.4 is 5.32 Å². The predicted molar refractivity (Wildman–Crippen MR) is 344 cm³/mol. The van der Waals surface area contributed by atoms with Gasteiger partial charge in [-0.1, -0.05) is 346 Å². The van der Waals surface area contributed by atoms with Crippen molar-refractivity contribution in [2.45, 2.75) is 411 Å². The van der Waals surface area contributed by atoms with Crippen molar-refractivity contribution in [1.29, 1.82) is 0 Å². The standard InChI is InChI=1S/C72H139NO5/c1-3-5-7-9-11-13-15-17-19-21-23-25-27-29-31-33-35-37-39-41-43-45-47-49-51-53-55-57-59-61-63-65-69(75)71(77)68(67-74)73-72(78)70(76)66-64-62-60-58-56-54-52-50-48-46-44-42-40-38-36-34-32-30-28-26-24-22-20-18-16-14-12-10-8-6-4-2/h30,32,49,51,57,59,68-71,74-77H,3-29,31,33-48,50,52-56,58,60-67H2,1-2H3,(H,73,78)/b32-30-,51-49+,59-57+. The van der Waals surface area contributed by atoms with Crippen molar-refractivity contribution in [2.75, 3.05) is 6.61 Å². The minimum Gasteiger partial charge on any atom is -0.394 e. The molecule has 6 heteroatoms. The van der Waals surface area contributed by atoms with Crippen LogP contribution in [0.5, 0.6) is 0 Å². The van der Waals surface area contributed by atoms with Gasteiger partial charge in [0, 0.05) is 0 Å². The molecule has 0 aliphatic rings. The minimum absolute atomic E-state index is 0.362. The highest BCUT2D eigenvalue weighted by atomic mass is 16.3. The minimum atomic E-state index is -1.29. The maximum Gasteiger partial charge on any atom is 0.249 e. The smallest absolute Gasteiger partial charge is 0.249 e. The van der Waals surface area contributed by atoms with Crippen LogP contribution in [0, 0.1) is 0 Å².